The van der Waals surface area contributed by atoms with E-state index in [0.29, 0.717) is 0 Å². The number of unbranched alkanes of at least 4 members (excludes halogenated alkanes) is 6. The van der Waals surface area contributed by atoms with E-state index >= 15 is 0 Å². The first kappa shape index (κ1) is 16.3. The topological polar surface area (TPSA) is 26.0 Å². The van der Waals surface area contributed by atoms with Gasteiger partial charge < -0.3 is 4.52 Å². The molecule has 0 aliphatic rings. The zero-order chi connectivity index (χ0) is 14.0. The molecule has 2 heteroatoms. The van der Waals surface area contributed by atoms with E-state index in [1.807, 2.05) is 0 Å². The molecule has 1 unspecified atom stereocenters. The summed E-state index contributed by atoms with van der Waals surface area (Å²) in [4.78, 5) is 0. The van der Waals surface area contributed by atoms with Gasteiger partial charge in [-0.3, -0.25) is 0 Å². The normalized spacial score (nSPS) is 14.5. The van der Waals surface area contributed by atoms with Gasteiger partial charge in [0.25, 0.3) is 0 Å². The fourth-order valence-electron chi connectivity index (χ4n) is 2.78. The van der Waals surface area contributed by atoms with Crippen molar-refractivity contribution < 1.29 is 4.52 Å². The monoisotopic (exact) mass is 265 g/mol. The fourth-order valence-corrected chi connectivity index (χ4v) is 2.78. The highest BCUT2D eigenvalue weighted by molar-refractivity contribution is 5.09. The molecule has 0 radical (unpaired) electrons. The van der Waals surface area contributed by atoms with Crippen LogP contribution in [0.5, 0.6) is 0 Å². The standard InChI is InChI=1S/C17H31NO/c1-4-6-8-9-11-14-17(3,13-10-7-5-2)16-12-15-18-19-16/h12,15H,4-11,13-14H2,1-3H3. The molecule has 0 spiro atoms. The van der Waals surface area contributed by atoms with E-state index in [9.17, 15) is 0 Å². The molecular weight excluding hydrogens is 234 g/mol. The summed E-state index contributed by atoms with van der Waals surface area (Å²) in [6.07, 6.45) is 14.9. The van der Waals surface area contributed by atoms with Gasteiger partial charge in [-0.1, -0.05) is 77.3 Å². The Kier molecular flexibility index (Phi) is 7.85. The smallest absolute Gasteiger partial charge is 0.142 e. The van der Waals surface area contributed by atoms with E-state index in [4.69, 9.17) is 4.52 Å². The molecule has 1 aromatic rings. The molecule has 1 rings (SSSR count). The van der Waals surface area contributed by atoms with Gasteiger partial charge in [0.15, 0.2) is 0 Å². The first-order chi connectivity index (χ1) is 9.23. The van der Waals surface area contributed by atoms with Crippen molar-refractivity contribution in [2.24, 2.45) is 0 Å². The molecule has 0 saturated carbocycles. The molecule has 1 heterocycles. The second-order valence-corrected chi connectivity index (χ2v) is 6.06. The zero-order valence-electron chi connectivity index (χ0n) is 13.1. The lowest BCUT2D eigenvalue weighted by molar-refractivity contribution is 0.263. The predicted molar refractivity (Wildman–Crippen MR) is 81.4 cm³/mol. The summed E-state index contributed by atoms with van der Waals surface area (Å²) in [7, 11) is 0. The van der Waals surface area contributed by atoms with Gasteiger partial charge in [-0.2, -0.15) is 0 Å². The highest BCUT2D eigenvalue weighted by Crippen LogP contribution is 2.35. The van der Waals surface area contributed by atoms with Gasteiger partial charge in [0.05, 0.1) is 6.20 Å². The summed E-state index contributed by atoms with van der Waals surface area (Å²) >= 11 is 0. The highest BCUT2D eigenvalue weighted by Gasteiger charge is 2.29. The number of hydrogen-bond acceptors (Lipinski definition) is 2. The van der Waals surface area contributed by atoms with Crippen LogP contribution < -0.4 is 0 Å². The molecule has 110 valence electrons. The molecular formula is C17H31NO. The zero-order valence-corrected chi connectivity index (χ0v) is 13.1. The molecule has 2 nitrogen and oxygen atoms in total. The van der Waals surface area contributed by atoms with Crippen LogP contribution in [0.3, 0.4) is 0 Å². The van der Waals surface area contributed by atoms with Crippen molar-refractivity contribution >= 4 is 0 Å². The van der Waals surface area contributed by atoms with E-state index in [2.05, 4.69) is 32.0 Å². The summed E-state index contributed by atoms with van der Waals surface area (Å²) in [5.74, 6) is 1.08. The SMILES string of the molecule is CCCCCCCC(C)(CCCCC)c1ccno1. The van der Waals surface area contributed by atoms with Gasteiger partial charge >= 0.3 is 0 Å². The summed E-state index contributed by atoms with van der Waals surface area (Å²) in [6.45, 7) is 6.88. The largest absolute Gasteiger partial charge is 0.361 e. The van der Waals surface area contributed by atoms with Crippen LogP contribution in [0.15, 0.2) is 16.8 Å². The Morgan fingerprint density at radius 2 is 1.53 bits per heavy atom. The summed E-state index contributed by atoms with van der Waals surface area (Å²) in [5.41, 5.74) is 0.192. The van der Waals surface area contributed by atoms with Gasteiger partial charge in [-0.15, -0.1) is 0 Å². The second kappa shape index (κ2) is 9.17. The van der Waals surface area contributed by atoms with Crippen LogP contribution in [0.1, 0.15) is 90.7 Å². The van der Waals surface area contributed by atoms with Crippen molar-refractivity contribution in [1.82, 2.24) is 5.16 Å². The lowest BCUT2D eigenvalue weighted by atomic mass is 9.77. The third-order valence-electron chi connectivity index (χ3n) is 4.20. The molecule has 1 atom stereocenters. The Morgan fingerprint density at radius 3 is 2.11 bits per heavy atom. The first-order valence-electron chi connectivity index (χ1n) is 8.14. The van der Waals surface area contributed by atoms with Crippen LogP contribution in [0, 0.1) is 0 Å². The van der Waals surface area contributed by atoms with Crippen LogP contribution in [0.4, 0.5) is 0 Å². The average molecular weight is 265 g/mol. The maximum absolute atomic E-state index is 5.46. The second-order valence-electron chi connectivity index (χ2n) is 6.06. The minimum atomic E-state index is 0.192. The Morgan fingerprint density at radius 1 is 0.947 bits per heavy atom. The van der Waals surface area contributed by atoms with Crippen molar-refractivity contribution in [2.45, 2.75) is 90.4 Å². The number of aromatic nitrogens is 1. The fraction of sp³-hybridized carbons (Fsp3) is 0.824. The van der Waals surface area contributed by atoms with E-state index in [0.717, 1.165) is 5.76 Å². The quantitative estimate of drug-likeness (QED) is 0.467. The van der Waals surface area contributed by atoms with Crippen LogP contribution in [0.25, 0.3) is 0 Å². The average Bonchev–Trinajstić information content (AvgIpc) is 2.93. The number of nitrogens with zero attached hydrogens (tertiary/aromatic N) is 1. The molecule has 0 N–H and O–H groups in total. The molecule has 0 amide bonds. The maximum Gasteiger partial charge on any atom is 0.142 e. The van der Waals surface area contributed by atoms with Crippen molar-refractivity contribution in [3.63, 3.8) is 0 Å². The van der Waals surface area contributed by atoms with Crippen molar-refractivity contribution in [2.75, 3.05) is 0 Å². The highest BCUT2D eigenvalue weighted by atomic mass is 16.5. The molecule has 0 aliphatic heterocycles. The van der Waals surface area contributed by atoms with Gasteiger partial charge in [-0.25, -0.2) is 0 Å². The lowest BCUT2D eigenvalue weighted by Crippen LogP contribution is -2.21. The van der Waals surface area contributed by atoms with Crippen molar-refractivity contribution in [3.05, 3.63) is 18.0 Å². The molecule has 0 saturated heterocycles. The van der Waals surface area contributed by atoms with Crippen LogP contribution >= 0.6 is 0 Å². The van der Waals surface area contributed by atoms with Gasteiger partial charge in [0.1, 0.15) is 5.76 Å². The predicted octanol–water partition coefficient (Wildman–Crippen LogP) is 5.87. The minimum absolute atomic E-state index is 0.192. The number of rotatable bonds is 11. The van der Waals surface area contributed by atoms with Gasteiger partial charge in [-0.05, 0) is 12.8 Å². The number of hydrogen-bond donors (Lipinski definition) is 0. The molecule has 0 aliphatic carbocycles. The van der Waals surface area contributed by atoms with Gasteiger partial charge in [0, 0.05) is 11.5 Å². The molecule has 0 fully saturated rings. The summed E-state index contributed by atoms with van der Waals surface area (Å²) in [6, 6.07) is 2.05. The van der Waals surface area contributed by atoms with E-state index in [-0.39, 0.29) is 5.41 Å². The van der Waals surface area contributed by atoms with Crippen LogP contribution in [-0.4, -0.2) is 5.16 Å². The van der Waals surface area contributed by atoms with Gasteiger partial charge in [0.2, 0.25) is 0 Å². The van der Waals surface area contributed by atoms with E-state index in [1.54, 1.807) is 6.20 Å². The summed E-state index contributed by atoms with van der Waals surface area (Å²) < 4.78 is 5.46. The Bertz CT molecular complexity index is 307. The van der Waals surface area contributed by atoms with Crippen LogP contribution in [-0.2, 0) is 5.41 Å². The first-order valence-corrected chi connectivity index (χ1v) is 8.14. The van der Waals surface area contributed by atoms with E-state index in [1.165, 1.54) is 64.2 Å². The molecule has 1 aromatic heterocycles. The summed E-state index contributed by atoms with van der Waals surface area (Å²) in [5, 5.41) is 3.90. The Hall–Kier alpha value is -0.790. The molecule has 19 heavy (non-hydrogen) atoms. The molecule has 0 aromatic carbocycles. The van der Waals surface area contributed by atoms with Crippen molar-refractivity contribution in [1.29, 1.82) is 0 Å². The third kappa shape index (κ3) is 5.80. The Labute approximate surface area is 119 Å². The van der Waals surface area contributed by atoms with E-state index < -0.39 is 0 Å². The Balaban J connectivity index is 2.45. The third-order valence-corrected chi connectivity index (χ3v) is 4.20. The minimum Gasteiger partial charge on any atom is -0.361 e. The lowest BCUT2D eigenvalue weighted by Gasteiger charge is -2.27. The maximum atomic E-state index is 5.46. The molecule has 0 bridgehead atoms. The van der Waals surface area contributed by atoms with Crippen molar-refractivity contribution in [3.8, 4) is 0 Å². The van der Waals surface area contributed by atoms with Crippen LogP contribution in [0.2, 0.25) is 0 Å².